The molecule has 0 radical (unpaired) electrons. The second kappa shape index (κ2) is 8.26. The third kappa shape index (κ3) is 3.81. The van der Waals surface area contributed by atoms with Gasteiger partial charge in [0.15, 0.2) is 17.3 Å². The van der Waals surface area contributed by atoms with Crippen molar-refractivity contribution in [3.05, 3.63) is 77.9 Å². The second-order valence-corrected chi connectivity index (χ2v) is 8.37. The zero-order valence-electron chi connectivity index (χ0n) is 18.1. The molecule has 0 bridgehead atoms. The number of benzene rings is 3. The number of amides is 1. The Kier molecular flexibility index (Phi) is 4.96. The van der Waals surface area contributed by atoms with Gasteiger partial charge in [-0.2, -0.15) is 0 Å². The van der Waals surface area contributed by atoms with Gasteiger partial charge in [0, 0.05) is 43.9 Å². The Morgan fingerprint density at radius 3 is 2.55 bits per heavy atom. The summed E-state index contributed by atoms with van der Waals surface area (Å²) < 4.78 is 16.5. The van der Waals surface area contributed by atoms with E-state index in [1.54, 1.807) is 0 Å². The van der Waals surface area contributed by atoms with E-state index in [0.29, 0.717) is 24.4 Å². The number of rotatable bonds is 4. The van der Waals surface area contributed by atoms with Crippen LogP contribution in [0.3, 0.4) is 0 Å². The molecule has 1 saturated heterocycles. The lowest BCUT2D eigenvalue weighted by molar-refractivity contribution is 0.0628. The van der Waals surface area contributed by atoms with E-state index in [9.17, 15) is 4.79 Å². The van der Waals surface area contributed by atoms with Gasteiger partial charge in [-0.1, -0.05) is 41.6 Å². The highest BCUT2D eigenvalue weighted by atomic mass is 16.7. The molecule has 0 aliphatic carbocycles. The molecule has 3 heterocycles. The van der Waals surface area contributed by atoms with Crippen molar-refractivity contribution in [2.24, 2.45) is 0 Å². The van der Waals surface area contributed by atoms with Crippen LogP contribution < -0.4 is 9.47 Å². The predicted molar refractivity (Wildman–Crippen MR) is 123 cm³/mol. The first-order chi connectivity index (χ1) is 16.2. The molecule has 1 fully saturated rings. The monoisotopic (exact) mass is 441 g/mol. The molecule has 166 valence electrons. The van der Waals surface area contributed by atoms with Gasteiger partial charge in [0.05, 0.1) is 5.39 Å². The molecule has 33 heavy (non-hydrogen) atoms. The number of hydrogen-bond acceptors (Lipinski definition) is 6. The van der Waals surface area contributed by atoms with Crippen molar-refractivity contribution < 1.29 is 18.8 Å². The van der Waals surface area contributed by atoms with Crippen molar-refractivity contribution in [1.29, 1.82) is 0 Å². The summed E-state index contributed by atoms with van der Waals surface area (Å²) in [6, 6.07) is 21.5. The standard InChI is InChI=1S/C26H23N3O4/c30-26(20-7-8-22-21(15-20)25(33-27-22)19-4-2-1-3-5-19)29-12-10-28(11-13-29)16-18-6-9-23-24(14-18)32-17-31-23/h1-9,14-15H,10-13,16-17H2. The topological polar surface area (TPSA) is 68.0 Å². The van der Waals surface area contributed by atoms with E-state index in [1.165, 1.54) is 5.56 Å². The van der Waals surface area contributed by atoms with E-state index in [4.69, 9.17) is 14.0 Å². The normalized spacial score (nSPS) is 15.8. The van der Waals surface area contributed by atoms with Gasteiger partial charge in [-0.05, 0) is 35.9 Å². The predicted octanol–water partition coefficient (Wildman–Crippen LogP) is 4.18. The summed E-state index contributed by atoms with van der Waals surface area (Å²) in [7, 11) is 0. The number of aromatic nitrogens is 1. The van der Waals surface area contributed by atoms with Crippen LogP contribution in [0.15, 0.2) is 71.3 Å². The minimum atomic E-state index is 0.0415. The Hall–Kier alpha value is -3.84. The van der Waals surface area contributed by atoms with Gasteiger partial charge >= 0.3 is 0 Å². The van der Waals surface area contributed by atoms with Crippen LogP contribution in [0, 0.1) is 0 Å². The van der Waals surface area contributed by atoms with Crippen LogP contribution in [0.25, 0.3) is 22.2 Å². The number of nitrogens with zero attached hydrogens (tertiary/aromatic N) is 3. The van der Waals surface area contributed by atoms with Crippen molar-refractivity contribution in [2.75, 3.05) is 33.0 Å². The van der Waals surface area contributed by atoms with Crippen LogP contribution in [-0.4, -0.2) is 53.8 Å². The molecule has 3 aromatic carbocycles. The molecule has 0 unspecified atom stereocenters. The number of carbonyl (C=O) groups is 1. The maximum absolute atomic E-state index is 13.2. The quantitative estimate of drug-likeness (QED) is 0.473. The minimum Gasteiger partial charge on any atom is -0.454 e. The fourth-order valence-corrected chi connectivity index (χ4v) is 4.46. The minimum absolute atomic E-state index is 0.0415. The number of piperazine rings is 1. The van der Waals surface area contributed by atoms with Crippen molar-refractivity contribution in [3.63, 3.8) is 0 Å². The van der Waals surface area contributed by atoms with Crippen molar-refractivity contribution in [1.82, 2.24) is 15.0 Å². The fraction of sp³-hybridized carbons (Fsp3) is 0.231. The van der Waals surface area contributed by atoms with Crippen LogP contribution >= 0.6 is 0 Å². The third-order valence-electron chi connectivity index (χ3n) is 6.26. The number of hydrogen-bond donors (Lipinski definition) is 0. The molecule has 0 atom stereocenters. The van der Waals surface area contributed by atoms with E-state index in [1.807, 2.05) is 65.6 Å². The molecule has 0 N–H and O–H groups in total. The Morgan fingerprint density at radius 1 is 0.879 bits per heavy atom. The molecule has 7 heteroatoms. The highest BCUT2D eigenvalue weighted by Crippen LogP contribution is 2.33. The van der Waals surface area contributed by atoms with Crippen LogP contribution in [0.5, 0.6) is 11.5 Å². The maximum atomic E-state index is 13.2. The van der Waals surface area contributed by atoms with Gasteiger partial charge in [0.2, 0.25) is 6.79 Å². The molecule has 1 amide bonds. The zero-order chi connectivity index (χ0) is 22.2. The first-order valence-corrected chi connectivity index (χ1v) is 11.1. The highest BCUT2D eigenvalue weighted by molar-refractivity contribution is 6.01. The Balaban J connectivity index is 1.14. The Bertz CT molecular complexity index is 1310. The van der Waals surface area contributed by atoms with E-state index in [2.05, 4.69) is 16.1 Å². The molecule has 0 saturated carbocycles. The van der Waals surface area contributed by atoms with E-state index in [-0.39, 0.29) is 12.7 Å². The number of carbonyl (C=O) groups excluding carboxylic acids is 1. The summed E-state index contributed by atoms with van der Waals surface area (Å²) >= 11 is 0. The molecule has 7 nitrogen and oxygen atoms in total. The molecule has 6 rings (SSSR count). The molecule has 2 aliphatic heterocycles. The average molecular weight is 441 g/mol. The molecule has 0 spiro atoms. The molecule has 1 aromatic heterocycles. The smallest absolute Gasteiger partial charge is 0.253 e. The zero-order valence-corrected chi connectivity index (χ0v) is 18.1. The summed E-state index contributed by atoms with van der Waals surface area (Å²) in [5.41, 5.74) is 3.54. The van der Waals surface area contributed by atoms with Gasteiger partial charge in [-0.3, -0.25) is 9.69 Å². The maximum Gasteiger partial charge on any atom is 0.253 e. The lowest BCUT2D eigenvalue weighted by Crippen LogP contribution is -2.48. The summed E-state index contributed by atoms with van der Waals surface area (Å²) in [6.07, 6.45) is 0. The summed E-state index contributed by atoms with van der Waals surface area (Å²) in [5, 5.41) is 5.01. The van der Waals surface area contributed by atoms with E-state index in [0.717, 1.165) is 47.6 Å². The van der Waals surface area contributed by atoms with Crippen LogP contribution in [0.1, 0.15) is 15.9 Å². The second-order valence-electron chi connectivity index (χ2n) is 8.37. The van der Waals surface area contributed by atoms with Crippen LogP contribution in [-0.2, 0) is 6.54 Å². The average Bonchev–Trinajstić information content (AvgIpc) is 3.51. The fourth-order valence-electron chi connectivity index (χ4n) is 4.46. The van der Waals surface area contributed by atoms with Gasteiger partial charge in [-0.15, -0.1) is 0 Å². The summed E-state index contributed by atoms with van der Waals surface area (Å²) in [4.78, 5) is 17.5. The summed E-state index contributed by atoms with van der Waals surface area (Å²) in [6.45, 7) is 4.14. The SMILES string of the molecule is O=C(c1ccc2noc(-c3ccccc3)c2c1)N1CCN(Cc2ccc3c(c2)OCO3)CC1. The molecular weight excluding hydrogens is 418 g/mol. The highest BCUT2D eigenvalue weighted by Gasteiger charge is 2.24. The van der Waals surface area contributed by atoms with Gasteiger partial charge in [-0.25, -0.2) is 0 Å². The lowest BCUT2D eigenvalue weighted by atomic mass is 10.1. The van der Waals surface area contributed by atoms with Gasteiger partial charge in [0.25, 0.3) is 5.91 Å². The molecule has 2 aliphatic rings. The Morgan fingerprint density at radius 2 is 1.70 bits per heavy atom. The van der Waals surface area contributed by atoms with Gasteiger partial charge in [0.1, 0.15) is 5.52 Å². The first-order valence-electron chi connectivity index (χ1n) is 11.1. The largest absolute Gasteiger partial charge is 0.454 e. The first kappa shape index (κ1) is 19.8. The van der Waals surface area contributed by atoms with Crippen LogP contribution in [0.2, 0.25) is 0 Å². The number of fused-ring (bicyclic) bond motifs is 2. The Labute approximate surface area is 191 Å². The summed E-state index contributed by atoms with van der Waals surface area (Å²) in [5.74, 6) is 2.34. The van der Waals surface area contributed by atoms with Crippen molar-refractivity contribution in [3.8, 4) is 22.8 Å². The molecular formula is C26H23N3O4. The van der Waals surface area contributed by atoms with E-state index >= 15 is 0 Å². The van der Waals surface area contributed by atoms with Gasteiger partial charge < -0.3 is 18.9 Å². The van der Waals surface area contributed by atoms with Crippen molar-refractivity contribution in [2.45, 2.75) is 6.54 Å². The van der Waals surface area contributed by atoms with Crippen LogP contribution in [0.4, 0.5) is 0 Å². The lowest BCUT2D eigenvalue weighted by Gasteiger charge is -2.34. The van der Waals surface area contributed by atoms with Crippen molar-refractivity contribution >= 4 is 16.8 Å². The van der Waals surface area contributed by atoms with E-state index < -0.39 is 0 Å². The molecule has 4 aromatic rings. The third-order valence-corrected chi connectivity index (χ3v) is 6.26. The number of ether oxygens (including phenoxy) is 2.